The number of hydrogen-bond acceptors (Lipinski definition) is 8. The molecule has 0 bridgehead atoms. The predicted molar refractivity (Wildman–Crippen MR) is 102 cm³/mol. The molecule has 2 aliphatic rings. The van der Waals surface area contributed by atoms with Crippen LogP contribution in [0.1, 0.15) is 17.5 Å². The Kier molecular flexibility index (Phi) is 5.51. The number of ether oxygens (including phenoxy) is 2. The first kappa shape index (κ1) is 18.1. The van der Waals surface area contributed by atoms with Gasteiger partial charge in [0.05, 0.1) is 6.54 Å². The number of hydrogen-bond donors (Lipinski definition) is 1. The van der Waals surface area contributed by atoms with E-state index in [1.807, 2.05) is 13.0 Å². The average molecular weight is 389 g/mol. The molecule has 1 amide bonds. The molecule has 2 aliphatic heterocycles. The van der Waals surface area contributed by atoms with Crippen LogP contribution >= 0.6 is 11.3 Å². The van der Waals surface area contributed by atoms with E-state index in [1.165, 1.54) is 16.9 Å². The highest BCUT2D eigenvalue weighted by atomic mass is 32.1. The van der Waals surface area contributed by atoms with Crippen molar-refractivity contribution >= 4 is 22.4 Å². The molecule has 1 fully saturated rings. The zero-order valence-corrected chi connectivity index (χ0v) is 16.1. The highest BCUT2D eigenvalue weighted by Gasteiger charge is 2.21. The first-order valence-corrected chi connectivity index (χ1v) is 9.96. The van der Waals surface area contributed by atoms with Crippen LogP contribution in [0.3, 0.4) is 0 Å². The van der Waals surface area contributed by atoms with E-state index in [2.05, 4.69) is 37.4 Å². The fourth-order valence-corrected chi connectivity index (χ4v) is 3.91. The largest absolute Gasteiger partial charge is 0.454 e. The molecular formula is C18H23N5O3S. The number of aryl methyl sites for hydroxylation is 1. The zero-order valence-electron chi connectivity index (χ0n) is 15.3. The van der Waals surface area contributed by atoms with Gasteiger partial charge in [-0.2, -0.15) is 0 Å². The lowest BCUT2D eigenvalue weighted by Crippen LogP contribution is -2.48. The van der Waals surface area contributed by atoms with E-state index in [4.69, 9.17) is 9.47 Å². The second-order valence-corrected chi connectivity index (χ2v) is 7.70. The van der Waals surface area contributed by atoms with Gasteiger partial charge in [-0.1, -0.05) is 24.3 Å². The number of anilines is 1. The van der Waals surface area contributed by atoms with Crippen LogP contribution in [0, 0.1) is 0 Å². The predicted octanol–water partition coefficient (Wildman–Crippen LogP) is 1.59. The highest BCUT2D eigenvalue weighted by molar-refractivity contribution is 7.15. The van der Waals surface area contributed by atoms with Gasteiger partial charge >= 0.3 is 0 Å². The van der Waals surface area contributed by atoms with Crippen molar-refractivity contribution in [2.75, 3.05) is 44.8 Å². The van der Waals surface area contributed by atoms with E-state index in [0.717, 1.165) is 55.7 Å². The minimum atomic E-state index is -0.0296. The monoisotopic (exact) mass is 389 g/mol. The molecule has 0 spiro atoms. The molecule has 2 aromatic rings. The van der Waals surface area contributed by atoms with Gasteiger partial charge in [-0.3, -0.25) is 19.9 Å². The van der Waals surface area contributed by atoms with Gasteiger partial charge in [-0.25, -0.2) is 0 Å². The fourth-order valence-electron chi connectivity index (χ4n) is 3.21. The Morgan fingerprint density at radius 2 is 1.93 bits per heavy atom. The molecule has 9 heteroatoms. The standard InChI is InChI=1S/C18H23N5O3S/c1-2-17-20-21-18(27-17)19-16(24)11-23-7-5-22(6-8-23)10-13-3-4-14-15(9-13)26-12-25-14/h3-4,9H,2,5-8,10-12H2,1H3,(H,19,21,24). The van der Waals surface area contributed by atoms with Gasteiger partial charge in [0.1, 0.15) is 5.01 Å². The Morgan fingerprint density at radius 3 is 2.70 bits per heavy atom. The van der Waals surface area contributed by atoms with Crippen LogP contribution in [0.4, 0.5) is 5.13 Å². The van der Waals surface area contributed by atoms with Crippen molar-refractivity contribution in [3.05, 3.63) is 28.8 Å². The molecule has 1 aromatic heterocycles. The quantitative estimate of drug-likeness (QED) is 0.804. The minimum Gasteiger partial charge on any atom is -0.454 e. The number of aromatic nitrogens is 2. The van der Waals surface area contributed by atoms with Crippen LogP contribution in [-0.2, 0) is 17.8 Å². The fraction of sp³-hybridized carbons (Fsp3) is 0.500. The van der Waals surface area contributed by atoms with Crippen LogP contribution in [0.2, 0.25) is 0 Å². The summed E-state index contributed by atoms with van der Waals surface area (Å²) in [5.41, 5.74) is 1.22. The van der Waals surface area contributed by atoms with Gasteiger partial charge in [0.25, 0.3) is 0 Å². The van der Waals surface area contributed by atoms with E-state index < -0.39 is 0 Å². The van der Waals surface area contributed by atoms with E-state index in [1.54, 1.807) is 0 Å². The second kappa shape index (κ2) is 8.20. The molecule has 0 radical (unpaired) electrons. The summed E-state index contributed by atoms with van der Waals surface area (Å²) < 4.78 is 10.8. The van der Waals surface area contributed by atoms with Crippen LogP contribution in [0.15, 0.2) is 18.2 Å². The number of carbonyl (C=O) groups is 1. The summed E-state index contributed by atoms with van der Waals surface area (Å²) in [6.45, 7) is 7.19. The van der Waals surface area contributed by atoms with Crippen molar-refractivity contribution < 1.29 is 14.3 Å². The molecule has 0 atom stereocenters. The average Bonchev–Trinajstić information content (AvgIpc) is 3.32. The maximum Gasteiger partial charge on any atom is 0.240 e. The lowest BCUT2D eigenvalue weighted by molar-refractivity contribution is -0.117. The maximum atomic E-state index is 12.2. The summed E-state index contributed by atoms with van der Waals surface area (Å²) in [5, 5.41) is 12.4. The molecular weight excluding hydrogens is 366 g/mol. The number of nitrogens with zero attached hydrogens (tertiary/aromatic N) is 4. The molecule has 0 saturated carbocycles. The van der Waals surface area contributed by atoms with Crippen molar-refractivity contribution in [2.45, 2.75) is 19.9 Å². The van der Waals surface area contributed by atoms with Crippen molar-refractivity contribution in [2.24, 2.45) is 0 Å². The molecule has 0 aliphatic carbocycles. The Hall–Kier alpha value is -2.23. The van der Waals surface area contributed by atoms with Crippen molar-refractivity contribution in [1.29, 1.82) is 0 Å². The number of piperazine rings is 1. The first-order valence-electron chi connectivity index (χ1n) is 9.15. The van der Waals surface area contributed by atoms with Crippen molar-refractivity contribution in [3.8, 4) is 11.5 Å². The third-order valence-corrected chi connectivity index (χ3v) is 5.67. The summed E-state index contributed by atoms with van der Waals surface area (Å²) in [6, 6.07) is 6.10. The number of rotatable bonds is 6. The number of benzene rings is 1. The molecule has 1 aromatic carbocycles. The molecule has 27 heavy (non-hydrogen) atoms. The van der Waals surface area contributed by atoms with Gasteiger partial charge in [0, 0.05) is 32.7 Å². The second-order valence-electron chi connectivity index (χ2n) is 6.64. The molecule has 0 unspecified atom stereocenters. The van der Waals surface area contributed by atoms with Crippen molar-refractivity contribution in [3.63, 3.8) is 0 Å². The van der Waals surface area contributed by atoms with Crippen molar-refractivity contribution in [1.82, 2.24) is 20.0 Å². The minimum absolute atomic E-state index is 0.0296. The van der Waals surface area contributed by atoms with E-state index in [9.17, 15) is 4.79 Å². The molecule has 144 valence electrons. The summed E-state index contributed by atoms with van der Waals surface area (Å²) in [7, 11) is 0. The summed E-state index contributed by atoms with van der Waals surface area (Å²) in [5.74, 6) is 1.61. The Labute approximate surface area is 162 Å². The van der Waals surface area contributed by atoms with Crippen LogP contribution in [0.25, 0.3) is 0 Å². The van der Waals surface area contributed by atoms with Gasteiger partial charge < -0.3 is 9.47 Å². The summed E-state index contributed by atoms with van der Waals surface area (Å²) >= 11 is 1.43. The Balaban J connectivity index is 1.22. The number of amides is 1. The van der Waals surface area contributed by atoms with E-state index >= 15 is 0 Å². The van der Waals surface area contributed by atoms with Crippen LogP contribution in [0.5, 0.6) is 11.5 Å². The van der Waals surface area contributed by atoms with Crippen LogP contribution < -0.4 is 14.8 Å². The molecule has 3 heterocycles. The molecule has 1 saturated heterocycles. The summed E-state index contributed by atoms with van der Waals surface area (Å²) in [6.07, 6.45) is 0.832. The van der Waals surface area contributed by atoms with E-state index in [0.29, 0.717) is 18.5 Å². The lowest BCUT2D eigenvalue weighted by Gasteiger charge is -2.34. The number of nitrogens with one attached hydrogen (secondary N) is 1. The maximum absolute atomic E-state index is 12.2. The normalized spacial score (nSPS) is 17.2. The number of fused-ring (bicyclic) bond motifs is 1. The SMILES string of the molecule is CCc1nnc(NC(=O)CN2CCN(Cc3ccc4c(c3)OCO4)CC2)s1. The van der Waals surface area contributed by atoms with Gasteiger partial charge in [-0.15, -0.1) is 10.2 Å². The van der Waals surface area contributed by atoms with Gasteiger partial charge in [-0.05, 0) is 24.1 Å². The Morgan fingerprint density at radius 1 is 1.15 bits per heavy atom. The lowest BCUT2D eigenvalue weighted by atomic mass is 10.1. The Bertz CT molecular complexity index is 804. The van der Waals surface area contributed by atoms with Crippen LogP contribution in [-0.4, -0.2) is 65.4 Å². The molecule has 4 rings (SSSR count). The third-order valence-electron chi connectivity index (χ3n) is 4.69. The number of carbonyl (C=O) groups excluding carboxylic acids is 1. The summed E-state index contributed by atoms with van der Waals surface area (Å²) in [4.78, 5) is 16.8. The van der Waals surface area contributed by atoms with E-state index in [-0.39, 0.29) is 5.91 Å². The smallest absolute Gasteiger partial charge is 0.240 e. The molecule has 8 nitrogen and oxygen atoms in total. The highest BCUT2D eigenvalue weighted by Crippen LogP contribution is 2.32. The van der Waals surface area contributed by atoms with Gasteiger partial charge in [0.15, 0.2) is 11.5 Å². The zero-order chi connectivity index (χ0) is 18.6. The first-order chi connectivity index (χ1) is 13.2. The molecule has 1 N–H and O–H groups in total. The third kappa shape index (κ3) is 4.55. The van der Waals surface area contributed by atoms with Gasteiger partial charge in [0.2, 0.25) is 17.8 Å². The topological polar surface area (TPSA) is 79.8 Å².